The summed E-state index contributed by atoms with van der Waals surface area (Å²) in [5.74, 6) is 0. The molecule has 0 bridgehead atoms. The maximum absolute atomic E-state index is 11.0. The second-order valence-electron chi connectivity index (χ2n) is 3.25. The molecule has 0 spiro atoms. The molecule has 16 heavy (non-hydrogen) atoms. The number of rotatable bonds is 8. The van der Waals surface area contributed by atoms with Gasteiger partial charge in [0.1, 0.15) is 5.60 Å². The molecular weight excluding hydrogens is 363 g/mol. The van der Waals surface area contributed by atoms with Crippen molar-refractivity contribution in [2.75, 3.05) is 5.33 Å². The molecule has 0 aliphatic carbocycles. The van der Waals surface area contributed by atoms with E-state index in [9.17, 15) is 4.57 Å². The summed E-state index contributed by atoms with van der Waals surface area (Å²) in [6, 6.07) is 0. The summed E-state index contributed by atoms with van der Waals surface area (Å²) in [6.45, 7) is 7.14. The maximum Gasteiger partial charge on any atom is 0.470 e. The van der Waals surface area contributed by atoms with E-state index in [0.717, 1.165) is 0 Å². The van der Waals surface area contributed by atoms with E-state index in [2.05, 4.69) is 45.0 Å². The Bertz CT molecular complexity index is 279. The molecule has 0 heterocycles. The second-order valence-corrected chi connectivity index (χ2v) is 6.17. The van der Waals surface area contributed by atoms with E-state index in [-0.39, 0.29) is 4.83 Å². The Balaban J connectivity index is 5.14. The first-order valence-electron chi connectivity index (χ1n) is 4.49. The van der Waals surface area contributed by atoms with E-state index < -0.39 is 13.4 Å². The van der Waals surface area contributed by atoms with Gasteiger partial charge in [-0.15, -0.1) is 13.2 Å². The van der Waals surface area contributed by atoms with Crippen molar-refractivity contribution in [3.8, 4) is 0 Å². The zero-order valence-corrected chi connectivity index (χ0v) is 12.7. The lowest BCUT2D eigenvalue weighted by molar-refractivity contribution is 0.0423. The SMILES string of the molecule is C=CCC(CC=C)(OP(=O)(O)O)C(Br)CBr. The molecule has 1 unspecified atom stereocenters. The minimum Gasteiger partial charge on any atom is -0.303 e. The van der Waals surface area contributed by atoms with Gasteiger partial charge in [0.05, 0.1) is 4.83 Å². The maximum atomic E-state index is 11.0. The Morgan fingerprint density at radius 1 is 1.38 bits per heavy atom. The zero-order chi connectivity index (χ0) is 12.8. The molecule has 0 saturated heterocycles. The first-order valence-corrected chi connectivity index (χ1v) is 8.06. The lowest BCUT2D eigenvalue weighted by atomic mass is 9.92. The number of halogens is 2. The fourth-order valence-electron chi connectivity index (χ4n) is 1.34. The summed E-state index contributed by atoms with van der Waals surface area (Å²) in [6.07, 6.45) is 3.75. The second kappa shape index (κ2) is 7.09. The van der Waals surface area contributed by atoms with Crippen LogP contribution in [0, 0.1) is 0 Å². The Hall–Kier alpha value is 0.550. The lowest BCUT2D eigenvalue weighted by Crippen LogP contribution is -2.41. The average molecular weight is 378 g/mol. The molecule has 94 valence electrons. The van der Waals surface area contributed by atoms with Crippen LogP contribution in [0.5, 0.6) is 0 Å². The molecule has 2 N–H and O–H groups in total. The standard InChI is InChI=1S/C9H15Br2O4P/c1-3-5-9(6-4-2,8(11)7-10)15-16(12,13)14/h3-4,8H,1-2,5-7H2,(H2,12,13,14). The molecule has 0 radical (unpaired) electrons. The summed E-state index contributed by atoms with van der Waals surface area (Å²) >= 11 is 6.59. The highest BCUT2D eigenvalue weighted by Gasteiger charge is 2.41. The van der Waals surface area contributed by atoms with Gasteiger partial charge in [-0.3, -0.25) is 4.52 Å². The minimum absolute atomic E-state index is 0.261. The topological polar surface area (TPSA) is 66.8 Å². The smallest absolute Gasteiger partial charge is 0.303 e. The van der Waals surface area contributed by atoms with Gasteiger partial charge < -0.3 is 9.79 Å². The summed E-state index contributed by atoms with van der Waals surface area (Å²) in [5, 5.41) is 0.495. The van der Waals surface area contributed by atoms with Gasteiger partial charge in [0.25, 0.3) is 0 Å². The van der Waals surface area contributed by atoms with Crippen LogP contribution in [0.1, 0.15) is 12.8 Å². The lowest BCUT2D eigenvalue weighted by Gasteiger charge is -2.35. The third kappa shape index (κ3) is 5.25. The predicted octanol–water partition coefficient (Wildman–Crippen LogP) is 3.15. The number of alkyl halides is 2. The summed E-state index contributed by atoms with van der Waals surface area (Å²) in [7, 11) is -4.56. The molecular formula is C9H15Br2O4P. The Labute approximate surface area is 112 Å². The highest BCUT2D eigenvalue weighted by atomic mass is 79.9. The predicted molar refractivity (Wildman–Crippen MR) is 72.0 cm³/mol. The third-order valence-corrected chi connectivity index (χ3v) is 5.26. The van der Waals surface area contributed by atoms with Gasteiger partial charge in [-0.05, 0) is 12.8 Å². The normalized spacial score (nSPS) is 14.5. The molecule has 0 amide bonds. The number of hydrogen-bond acceptors (Lipinski definition) is 2. The van der Waals surface area contributed by atoms with Crippen molar-refractivity contribution >= 4 is 39.7 Å². The van der Waals surface area contributed by atoms with Crippen molar-refractivity contribution in [3.05, 3.63) is 25.3 Å². The van der Waals surface area contributed by atoms with Crippen molar-refractivity contribution in [2.45, 2.75) is 23.3 Å². The van der Waals surface area contributed by atoms with Crippen molar-refractivity contribution in [2.24, 2.45) is 0 Å². The van der Waals surface area contributed by atoms with Gasteiger partial charge in [-0.1, -0.05) is 44.0 Å². The molecule has 0 rings (SSSR count). The molecule has 0 aromatic heterocycles. The van der Waals surface area contributed by atoms with E-state index in [1.807, 2.05) is 0 Å². The molecule has 0 aliphatic heterocycles. The zero-order valence-electron chi connectivity index (χ0n) is 8.68. The van der Waals surface area contributed by atoms with Crippen LogP contribution in [0.4, 0.5) is 0 Å². The Morgan fingerprint density at radius 2 is 1.81 bits per heavy atom. The van der Waals surface area contributed by atoms with Gasteiger partial charge in [-0.25, -0.2) is 4.57 Å². The van der Waals surface area contributed by atoms with Crippen LogP contribution in [0.25, 0.3) is 0 Å². The summed E-state index contributed by atoms with van der Waals surface area (Å²) in [5.41, 5.74) is -1.04. The van der Waals surface area contributed by atoms with Crippen molar-refractivity contribution < 1.29 is 18.9 Å². The number of phosphoric ester groups is 1. The van der Waals surface area contributed by atoms with E-state index >= 15 is 0 Å². The Morgan fingerprint density at radius 3 is 2.06 bits per heavy atom. The molecule has 4 nitrogen and oxygen atoms in total. The number of hydrogen-bond donors (Lipinski definition) is 2. The van der Waals surface area contributed by atoms with Crippen molar-refractivity contribution in [1.82, 2.24) is 0 Å². The van der Waals surface area contributed by atoms with Gasteiger partial charge in [-0.2, -0.15) is 0 Å². The molecule has 7 heteroatoms. The highest BCUT2D eigenvalue weighted by molar-refractivity contribution is 9.12. The largest absolute Gasteiger partial charge is 0.470 e. The van der Waals surface area contributed by atoms with Gasteiger partial charge in [0, 0.05) is 5.33 Å². The van der Waals surface area contributed by atoms with Gasteiger partial charge in [0.15, 0.2) is 0 Å². The monoisotopic (exact) mass is 376 g/mol. The van der Waals surface area contributed by atoms with Gasteiger partial charge in [0.2, 0.25) is 0 Å². The summed E-state index contributed by atoms with van der Waals surface area (Å²) < 4.78 is 15.9. The first kappa shape index (κ1) is 16.6. The van der Waals surface area contributed by atoms with Crippen LogP contribution in [0.2, 0.25) is 0 Å². The van der Waals surface area contributed by atoms with E-state index in [0.29, 0.717) is 18.2 Å². The van der Waals surface area contributed by atoms with Crippen LogP contribution in [-0.4, -0.2) is 25.5 Å². The Kier molecular flexibility index (Phi) is 7.33. The fraction of sp³-hybridized carbons (Fsp3) is 0.556. The fourth-order valence-corrected chi connectivity index (χ4v) is 3.29. The van der Waals surface area contributed by atoms with Crippen LogP contribution >= 0.6 is 39.7 Å². The summed E-state index contributed by atoms with van der Waals surface area (Å²) in [4.78, 5) is 17.6. The van der Waals surface area contributed by atoms with Gasteiger partial charge >= 0.3 is 7.82 Å². The quantitative estimate of drug-likeness (QED) is 0.387. The molecule has 0 fully saturated rings. The van der Waals surface area contributed by atoms with Crippen LogP contribution in [0.15, 0.2) is 25.3 Å². The average Bonchev–Trinajstić information content (AvgIpc) is 2.14. The van der Waals surface area contributed by atoms with Crippen molar-refractivity contribution in [3.63, 3.8) is 0 Å². The van der Waals surface area contributed by atoms with E-state index in [1.165, 1.54) is 0 Å². The molecule has 0 aromatic carbocycles. The third-order valence-electron chi connectivity index (χ3n) is 1.99. The minimum atomic E-state index is -4.56. The van der Waals surface area contributed by atoms with E-state index in [1.54, 1.807) is 12.2 Å². The van der Waals surface area contributed by atoms with Crippen LogP contribution in [-0.2, 0) is 9.09 Å². The van der Waals surface area contributed by atoms with Crippen LogP contribution < -0.4 is 0 Å². The van der Waals surface area contributed by atoms with E-state index in [4.69, 9.17) is 14.3 Å². The van der Waals surface area contributed by atoms with Crippen LogP contribution in [0.3, 0.4) is 0 Å². The molecule has 0 aromatic rings. The molecule has 0 aliphatic rings. The highest BCUT2D eigenvalue weighted by Crippen LogP contribution is 2.47. The first-order chi connectivity index (χ1) is 7.31. The molecule has 0 saturated carbocycles. The molecule has 1 atom stereocenters. The van der Waals surface area contributed by atoms with Crippen molar-refractivity contribution in [1.29, 1.82) is 0 Å². The number of phosphoric acid groups is 1.